The summed E-state index contributed by atoms with van der Waals surface area (Å²) >= 11 is 0. The van der Waals surface area contributed by atoms with Gasteiger partial charge in [-0.15, -0.1) is 0 Å². The topological polar surface area (TPSA) is 70.2 Å². The number of hydrogen-bond acceptors (Lipinski definition) is 4. The Morgan fingerprint density at radius 1 is 1.07 bits per heavy atom. The number of benzene rings is 1. The summed E-state index contributed by atoms with van der Waals surface area (Å²) in [4.78, 5) is 41.8. The molecule has 1 aliphatic heterocycles. The van der Waals surface area contributed by atoms with Crippen LogP contribution in [-0.4, -0.2) is 67.0 Å². The van der Waals surface area contributed by atoms with Crippen LogP contribution < -0.4 is 4.90 Å². The van der Waals surface area contributed by atoms with Gasteiger partial charge in [0.25, 0.3) is 0 Å². The lowest BCUT2D eigenvalue weighted by Gasteiger charge is -2.34. The molecule has 7 nitrogen and oxygen atoms in total. The Kier molecular flexibility index (Phi) is 7.84. The van der Waals surface area contributed by atoms with Crippen molar-refractivity contribution >= 4 is 23.6 Å². The summed E-state index contributed by atoms with van der Waals surface area (Å²) in [7, 11) is 0. The molecule has 0 aromatic heterocycles. The van der Waals surface area contributed by atoms with Crippen LogP contribution in [0.5, 0.6) is 0 Å². The Bertz CT molecular complexity index is 712. The van der Waals surface area contributed by atoms with Crippen molar-refractivity contribution in [2.45, 2.75) is 40.5 Å². The molecule has 1 aromatic rings. The minimum atomic E-state index is -0.330. The molecular weight excluding hydrogens is 358 g/mol. The van der Waals surface area contributed by atoms with E-state index < -0.39 is 0 Å². The summed E-state index contributed by atoms with van der Waals surface area (Å²) in [6.45, 7) is 9.97. The Labute approximate surface area is 167 Å². The first-order valence-electron chi connectivity index (χ1n) is 9.95. The predicted octanol–water partition coefficient (Wildman–Crippen LogP) is 2.60. The number of para-hydroxylation sites is 1. The summed E-state index contributed by atoms with van der Waals surface area (Å²) < 4.78 is 5.00. The molecule has 0 bridgehead atoms. The second-order valence-electron chi connectivity index (χ2n) is 6.92. The van der Waals surface area contributed by atoms with Gasteiger partial charge in [-0.3, -0.25) is 9.59 Å². The minimum absolute atomic E-state index is 0.00129. The summed E-state index contributed by atoms with van der Waals surface area (Å²) in [5.74, 6) is -0.0645. The van der Waals surface area contributed by atoms with Crippen molar-refractivity contribution in [3.05, 3.63) is 29.3 Å². The van der Waals surface area contributed by atoms with Gasteiger partial charge in [0.1, 0.15) is 0 Å². The average molecular weight is 389 g/mol. The highest BCUT2D eigenvalue weighted by atomic mass is 16.6. The maximum absolute atomic E-state index is 12.7. The third-order valence-corrected chi connectivity index (χ3v) is 5.06. The second-order valence-corrected chi connectivity index (χ2v) is 6.92. The van der Waals surface area contributed by atoms with Gasteiger partial charge >= 0.3 is 6.09 Å². The van der Waals surface area contributed by atoms with E-state index in [-0.39, 0.29) is 24.3 Å². The van der Waals surface area contributed by atoms with Crippen molar-refractivity contribution in [1.29, 1.82) is 0 Å². The Balaban J connectivity index is 1.97. The normalized spacial score (nSPS) is 14.0. The van der Waals surface area contributed by atoms with Crippen molar-refractivity contribution < 1.29 is 19.1 Å². The largest absolute Gasteiger partial charge is 0.450 e. The minimum Gasteiger partial charge on any atom is -0.450 e. The molecule has 1 aliphatic rings. The fourth-order valence-electron chi connectivity index (χ4n) is 3.54. The van der Waals surface area contributed by atoms with E-state index in [4.69, 9.17) is 4.74 Å². The molecule has 0 saturated carbocycles. The third-order valence-electron chi connectivity index (χ3n) is 5.06. The molecule has 7 heteroatoms. The number of carbonyl (C=O) groups is 3. The van der Waals surface area contributed by atoms with Crippen LogP contribution in [-0.2, 0) is 20.7 Å². The highest BCUT2D eigenvalue weighted by Gasteiger charge is 2.26. The van der Waals surface area contributed by atoms with E-state index in [0.29, 0.717) is 39.3 Å². The van der Waals surface area contributed by atoms with E-state index >= 15 is 0 Å². The first kappa shape index (κ1) is 21.7. The van der Waals surface area contributed by atoms with E-state index in [2.05, 4.69) is 6.92 Å². The molecule has 1 fully saturated rings. The van der Waals surface area contributed by atoms with Crippen molar-refractivity contribution in [3.63, 3.8) is 0 Å². The van der Waals surface area contributed by atoms with Crippen LogP contribution in [0.3, 0.4) is 0 Å². The lowest BCUT2D eigenvalue weighted by Crippen LogP contribution is -2.51. The van der Waals surface area contributed by atoms with Crippen LogP contribution in [0.15, 0.2) is 18.2 Å². The highest BCUT2D eigenvalue weighted by molar-refractivity contribution is 5.94. The van der Waals surface area contributed by atoms with Gasteiger partial charge in [-0.05, 0) is 31.4 Å². The summed E-state index contributed by atoms with van der Waals surface area (Å²) in [6.07, 6.45) is 0.755. The molecule has 0 aliphatic carbocycles. The number of amides is 3. The molecule has 0 N–H and O–H groups in total. The summed E-state index contributed by atoms with van der Waals surface area (Å²) in [6, 6.07) is 6.00. The van der Waals surface area contributed by atoms with E-state index in [9.17, 15) is 14.4 Å². The van der Waals surface area contributed by atoms with Crippen molar-refractivity contribution in [2.24, 2.45) is 0 Å². The van der Waals surface area contributed by atoms with Crippen molar-refractivity contribution in [2.75, 3.05) is 44.2 Å². The fraction of sp³-hybridized carbons (Fsp3) is 0.571. The molecule has 1 heterocycles. The number of aryl methyl sites for hydroxylation is 2. The van der Waals surface area contributed by atoms with Gasteiger partial charge in [0.2, 0.25) is 11.8 Å². The molecule has 0 radical (unpaired) electrons. The smallest absolute Gasteiger partial charge is 0.409 e. The molecule has 154 valence electrons. The van der Waals surface area contributed by atoms with Gasteiger partial charge in [0.15, 0.2) is 0 Å². The number of anilines is 1. The maximum atomic E-state index is 12.7. The number of nitrogens with zero attached hydrogens (tertiary/aromatic N) is 3. The maximum Gasteiger partial charge on any atom is 0.409 e. The molecule has 28 heavy (non-hydrogen) atoms. The SMILES string of the molecule is CCOC(=O)N1CCN(C(=O)CCN(C(C)=O)c2c(C)cccc2CC)CC1. The van der Waals surface area contributed by atoms with E-state index in [1.165, 1.54) is 6.92 Å². The molecular formula is C21H31N3O4. The van der Waals surface area contributed by atoms with Gasteiger partial charge < -0.3 is 19.4 Å². The molecule has 0 spiro atoms. The van der Waals surface area contributed by atoms with Gasteiger partial charge in [0, 0.05) is 51.8 Å². The lowest BCUT2D eigenvalue weighted by molar-refractivity contribution is -0.132. The monoisotopic (exact) mass is 389 g/mol. The van der Waals surface area contributed by atoms with Crippen LogP contribution in [0.25, 0.3) is 0 Å². The first-order chi connectivity index (χ1) is 13.4. The van der Waals surface area contributed by atoms with E-state index in [1.807, 2.05) is 25.1 Å². The molecule has 1 aromatic carbocycles. The molecule has 0 atom stereocenters. The highest BCUT2D eigenvalue weighted by Crippen LogP contribution is 2.26. The molecule has 3 amide bonds. The summed E-state index contributed by atoms with van der Waals surface area (Å²) in [5.41, 5.74) is 3.05. The van der Waals surface area contributed by atoms with Crippen molar-refractivity contribution in [1.82, 2.24) is 9.80 Å². The zero-order valence-electron chi connectivity index (χ0n) is 17.4. The van der Waals surface area contributed by atoms with Gasteiger partial charge in [-0.1, -0.05) is 25.1 Å². The van der Waals surface area contributed by atoms with Crippen LogP contribution in [0.4, 0.5) is 10.5 Å². The summed E-state index contributed by atoms with van der Waals surface area (Å²) in [5, 5.41) is 0. The first-order valence-corrected chi connectivity index (χ1v) is 9.95. The third kappa shape index (κ3) is 5.24. The number of ether oxygens (including phenoxy) is 1. The van der Waals surface area contributed by atoms with Crippen molar-refractivity contribution in [3.8, 4) is 0 Å². The number of rotatable bonds is 6. The van der Waals surface area contributed by atoms with E-state index in [0.717, 1.165) is 23.2 Å². The van der Waals surface area contributed by atoms with Crippen LogP contribution in [0, 0.1) is 6.92 Å². The Morgan fingerprint density at radius 2 is 1.71 bits per heavy atom. The molecule has 2 rings (SSSR count). The zero-order valence-corrected chi connectivity index (χ0v) is 17.4. The van der Waals surface area contributed by atoms with Crippen LogP contribution in [0.1, 0.15) is 38.3 Å². The zero-order chi connectivity index (χ0) is 20.7. The predicted molar refractivity (Wildman–Crippen MR) is 108 cm³/mol. The number of carbonyl (C=O) groups excluding carboxylic acids is 3. The number of piperazine rings is 1. The molecule has 0 unspecified atom stereocenters. The fourth-order valence-corrected chi connectivity index (χ4v) is 3.54. The van der Waals surface area contributed by atoms with Crippen LogP contribution >= 0.6 is 0 Å². The quantitative estimate of drug-likeness (QED) is 0.750. The Hall–Kier alpha value is -2.57. The second kappa shape index (κ2) is 10.1. The van der Waals surface area contributed by atoms with Gasteiger partial charge in [-0.2, -0.15) is 0 Å². The van der Waals surface area contributed by atoms with Crippen LogP contribution in [0.2, 0.25) is 0 Å². The average Bonchev–Trinajstić information content (AvgIpc) is 2.69. The number of hydrogen-bond donors (Lipinski definition) is 0. The van der Waals surface area contributed by atoms with Gasteiger partial charge in [0.05, 0.1) is 6.61 Å². The standard InChI is InChI=1S/C21H31N3O4/c1-5-18-9-7-8-16(3)20(18)24(17(4)25)11-10-19(26)22-12-14-23(15-13-22)21(27)28-6-2/h7-9H,5-6,10-15H2,1-4H3. The Morgan fingerprint density at radius 3 is 2.29 bits per heavy atom. The van der Waals surface area contributed by atoms with E-state index in [1.54, 1.807) is 21.6 Å². The van der Waals surface area contributed by atoms with Gasteiger partial charge in [-0.25, -0.2) is 4.79 Å². The molecule has 1 saturated heterocycles. The lowest BCUT2D eigenvalue weighted by atomic mass is 10.0.